The molecule has 6 nitrogen and oxygen atoms in total. The third kappa shape index (κ3) is 3.01. The van der Waals surface area contributed by atoms with Crippen molar-refractivity contribution in [2.75, 3.05) is 26.8 Å². The van der Waals surface area contributed by atoms with Crippen LogP contribution < -0.4 is 0 Å². The molecule has 1 aliphatic rings. The van der Waals surface area contributed by atoms with E-state index >= 15 is 0 Å². The second kappa shape index (κ2) is 6.65. The maximum Gasteiger partial charge on any atom is 0.313 e. The molecule has 128 valence electrons. The summed E-state index contributed by atoms with van der Waals surface area (Å²) in [6, 6.07) is 10.1. The Hall–Kier alpha value is -2.34. The van der Waals surface area contributed by atoms with Gasteiger partial charge in [-0.2, -0.15) is 0 Å². The third-order valence-electron chi connectivity index (χ3n) is 4.83. The maximum atomic E-state index is 12.5. The molecule has 1 amide bonds. The Morgan fingerprint density at radius 2 is 2.08 bits per heavy atom. The number of nitrogens with zero attached hydrogens (tertiary/aromatic N) is 2. The van der Waals surface area contributed by atoms with Crippen LogP contribution in [-0.2, 0) is 20.9 Å². The molecule has 1 saturated heterocycles. The van der Waals surface area contributed by atoms with Crippen LogP contribution in [-0.4, -0.2) is 53.3 Å². The monoisotopic (exact) mass is 330 g/mol. The van der Waals surface area contributed by atoms with Gasteiger partial charge in [-0.1, -0.05) is 18.2 Å². The highest BCUT2D eigenvalue weighted by molar-refractivity contribution is 5.82. The number of para-hydroxylation sites is 1. The van der Waals surface area contributed by atoms with Crippen LogP contribution >= 0.6 is 0 Å². The number of hydrogen-bond donors (Lipinski definition) is 1. The van der Waals surface area contributed by atoms with Gasteiger partial charge in [0.05, 0.1) is 6.61 Å². The van der Waals surface area contributed by atoms with Crippen LogP contribution in [0.25, 0.3) is 10.9 Å². The van der Waals surface area contributed by atoms with Crippen LogP contribution in [0.4, 0.5) is 0 Å². The van der Waals surface area contributed by atoms with Crippen LogP contribution in [0.2, 0.25) is 0 Å². The number of aromatic nitrogens is 1. The molecular formula is C18H22N2O4. The van der Waals surface area contributed by atoms with E-state index in [1.165, 1.54) is 7.11 Å². The Morgan fingerprint density at radius 1 is 1.29 bits per heavy atom. The van der Waals surface area contributed by atoms with Crippen molar-refractivity contribution >= 4 is 22.8 Å². The first-order valence-electron chi connectivity index (χ1n) is 8.10. The molecule has 24 heavy (non-hydrogen) atoms. The van der Waals surface area contributed by atoms with Crippen molar-refractivity contribution in [2.45, 2.75) is 19.4 Å². The number of ether oxygens (including phenoxy) is 1. The smallest absolute Gasteiger partial charge is 0.313 e. The number of carbonyl (C=O) groups is 2. The Morgan fingerprint density at radius 3 is 2.83 bits per heavy atom. The largest absolute Gasteiger partial charge is 0.481 e. The van der Waals surface area contributed by atoms with Crippen molar-refractivity contribution in [3.05, 3.63) is 36.5 Å². The molecule has 0 aliphatic carbocycles. The number of carboxylic acid groups (broad SMARTS) is 1. The summed E-state index contributed by atoms with van der Waals surface area (Å²) in [5.41, 5.74) is 0.135. The van der Waals surface area contributed by atoms with Gasteiger partial charge in [0.2, 0.25) is 5.91 Å². The SMILES string of the molecule is COCC1(C(=O)O)CCN(C(=O)CCn2ccc3ccccc32)C1. The van der Waals surface area contributed by atoms with Gasteiger partial charge in [0.15, 0.2) is 0 Å². The van der Waals surface area contributed by atoms with Gasteiger partial charge in [-0.25, -0.2) is 0 Å². The summed E-state index contributed by atoms with van der Waals surface area (Å²) in [5.74, 6) is -0.900. The molecule has 2 heterocycles. The molecule has 1 fully saturated rings. The molecule has 0 saturated carbocycles. The Bertz CT molecular complexity index is 754. The molecule has 6 heteroatoms. The number of carboxylic acids is 1. The number of amides is 1. The van der Waals surface area contributed by atoms with E-state index in [-0.39, 0.29) is 19.1 Å². The zero-order valence-electron chi connectivity index (χ0n) is 13.8. The van der Waals surface area contributed by atoms with Gasteiger partial charge in [0.1, 0.15) is 5.41 Å². The number of hydrogen-bond acceptors (Lipinski definition) is 3. The normalized spacial score (nSPS) is 20.6. The number of aliphatic carboxylic acids is 1. The average Bonchev–Trinajstić information content (AvgIpc) is 3.18. The zero-order valence-corrected chi connectivity index (χ0v) is 13.8. The van der Waals surface area contributed by atoms with E-state index in [9.17, 15) is 14.7 Å². The van der Waals surface area contributed by atoms with E-state index in [2.05, 4.69) is 4.57 Å². The van der Waals surface area contributed by atoms with Crippen LogP contribution in [0.5, 0.6) is 0 Å². The summed E-state index contributed by atoms with van der Waals surface area (Å²) < 4.78 is 7.12. The number of rotatable bonds is 6. The van der Waals surface area contributed by atoms with E-state index in [0.717, 1.165) is 10.9 Å². The predicted octanol–water partition coefficient (Wildman–Crippen LogP) is 1.98. The first kappa shape index (κ1) is 16.5. The number of aryl methyl sites for hydroxylation is 1. The zero-order chi connectivity index (χ0) is 17.2. The summed E-state index contributed by atoms with van der Waals surface area (Å²) in [6.45, 7) is 1.42. The van der Waals surface area contributed by atoms with Gasteiger partial charge in [0, 0.05) is 44.9 Å². The molecule has 1 aromatic heterocycles. The van der Waals surface area contributed by atoms with Crippen LogP contribution in [0.15, 0.2) is 36.5 Å². The summed E-state index contributed by atoms with van der Waals surface area (Å²) >= 11 is 0. The van der Waals surface area contributed by atoms with Crippen LogP contribution in [0.3, 0.4) is 0 Å². The van der Waals surface area contributed by atoms with Gasteiger partial charge in [-0.15, -0.1) is 0 Å². The van der Waals surface area contributed by atoms with Gasteiger partial charge in [-0.3, -0.25) is 9.59 Å². The van der Waals surface area contributed by atoms with Crippen molar-refractivity contribution in [2.24, 2.45) is 5.41 Å². The standard InChI is InChI=1S/C18H22N2O4/c1-24-13-18(17(22)23)8-11-20(12-18)16(21)7-10-19-9-6-14-4-2-3-5-15(14)19/h2-6,9H,7-8,10-13H2,1H3,(H,22,23). The minimum atomic E-state index is -0.968. The van der Waals surface area contributed by atoms with Crippen molar-refractivity contribution in [1.82, 2.24) is 9.47 Å². The molecule has 1 aliphatic heterocycles. The summed E-state index contributed by atoms with van der Waals surface area (Å²) in [5, 5.41) is 10.6. The van der Waals surface area contributed by atoms with Gasteiger partial charge in [0.25, 0.3) is 0 Å². The number of benzene rings is 1. The summed E-state index contributed by atoms with van der Waals surface area (Å²) in [6.07, 6.45) is 2.78. The molecule has 1 N–H and O–H groups in total. The first-order chi connectivity index (χ1) is 11.6. The lowest BCUT2D eigenvalue weighted by atomic mass is 9.88. The quantitative estimate of drug-likeness (QED) is 0.879. The maximum absolute atomic E-state index is 12.5. The van der Waals surface area contributed by atoms with Crippen molar-refractivity contribution in [1.29, 1.82) is 0 Å². The third-order valence-corrected chi connectivity index (χ3v) is 4.83. The molecule has 0 radical (unpaired) electrons. The van der Waals surface area contributed by atoms with E-state index in [1.807, 2.05) is 36.5 Å². The van der Waals surface area contributed by atoms with Gasteiger partial charge in [-0.05, 0) is 23.9 Å². The molecule has 1 unspecified atom stereocenters. The number of likely N-dealkylation sites (tertiary alicyclic amines) is 1. The fraction of sp³-hybridized carbons (Fsp3) is 0.444. The lowest BCUT2D eigenvalue weighted by molar-refractivity contribution is -0.151. The van der Waals surface area contributed by atoms with Crippen molar-refractivity contribution in [3.63, 3.8) is 0 Å². The van der Waals surface area contributed by atoms with Gasteiger partial charge >= 0.3 is 5.97 Å². The van der Waals surface area contributed by atoms with E-state index in [4.69, 9.17) is 4.74 Å². The first-order valence-corrected chi connectivity index (χ1v) is 8.10. The second-order valence-corrected chi connectivity index (χ2v) is 6.40. The van der Waals surface area contributed by atoms with Crippen molar-refractivity contribution < 1.29 is 19.4 Å². The highest BCUT2D eigenvalue weighted by atomic mass is 16.5. The second-order valence-electron chi connectivity index (χ2n) is 6.40. The molecule has 1 aromatic carbocycles. The fourth-order valence-electron chi connectivity index (χ4n) is 3.43. The minimum Gasteiger partial charge on any atom is -0.481 e. The summed E-state index contributed by atoms with van der Waals surface area (Å²) in [4.78, 5) is 25.7. The molecule has 3 rings (SSSR count). The number of carbonyl (C=O) groups excluding carboxylic acids is 1. The van der Waals surface area contributed by atoms with Crippen molar-refractivity contribution in [3.8, 4) is 0 Å². The van der Waals surface area contributed by atoms with E-state index in [0.29, 0.717) is 25.9 Å². The molecule has 0 bridgehead atoms. The molecule has 0 spiro atoms. The molecule has 2 aromatic rings. The highest BCUT2D eigenvalue weighted by Crippen LogP contribution is 2.31. The lowest BCUT2D eigenvalue weighted by Crippen LogP contribution is -2.40. The Balaban J connectivity index is 1.63. The number of fused-ring (bicyclic) bond motifs is 1. The van der Waals surface area contributed by atoms with Gasteiger partial charge < -0.3 is 19.3 Å². The topological polar surface area (TPSA) is 71.8 Å². The van der Waals surface area contributed by atoms with E-state index < -0.39 is 11.4 Å². The highest BCUT2D eigenvalue weighted by Gasteiger charge is 2.46. The Kier molecular flexibility index (Phi) is 4.57. The molecular weight excluding hydrogens is 308 g/mol. The fourth-order valence-corrected chi connectivity index (χ4v) is 3.43. The Labute approximate surface area is 140 Å². The van der Waals surface area contributed by atoms with Crippen LogP contribution in [0.1, 0.15) is 12.8 Å². The lowest BCUT2D eigenvalue weighted by Gasteiger charge is -2.23. The summed E-state index contributed by atoms with van der Waals surface area (Å²) in [7, 11) is 1.49. The number of methoxy groups -OCH3 is 1. The molecule has 1 atom stereocenters. The van der Waals surface area contributed by atoms with Crippen LogP contribution in [0, 0.1) is 5.41 Å². The van der Waals surface area contributed by atoms with E-state index in [1.54, 1.807) is 4.90 Å². The predicted molar refractivity (Wildman–Crippen MR) is 89.7 cm³/mol. The minimum absolute atomic E-state index is 0.00740. The average molecular weight is 330 g/mol.